The Kier molecular flexibility index (Phi) is 5.39. The van der Waals surface area contributed by atoms with Crippen molar-refractivity contribution in [2.75, 3.05) is 6.54 Å². The number of hydrogen-bond donors (Lipinski definition) is 3. The van der Waals surface area contributed by atoms with Crippen molar-refractivity contribution < 1.29 is 9.90 Å². The minimum absolute atomic E-state index is 0.166. The number of rotatable bonds is 5. The van der Waals surface area contributed by atoms with Gasteiger partial charge in [-0.15, -0.1) is 0 Å². The second-order valence-corrected chi connectivity index (χ2v) is 4.50. The third-order valence-corrected chi connectivity index (χ3v) is 2.52. The molecule has 1 aromatic carbocycles. The van der Waals surface area contributed by atoms with Gasteiger partial charge in [-0.05, 0) is 38.0 Å². The van der Waals surface area contributed by atoms with Gasteiger partial charge in [0.15, 0.2) is 0 Å². The number of hydrogen-bond acceptors (Lipinski definition) is 3. The van der Waals surface area contributed by atoms with Gasteiger partial charge >= 0.3 is 0 Å². The lowest BCUT2D eigenvalue weighted by Gasteiger charge is -2.11. The first kappa shape index (κ1) is 14.3. The maximum Gasteiger partial charge on any atom is 0.237 e. The Hall–Kier alpha value is -1.81. The number of carbonyl (C=O) groups is 1. The number of amides is 1. The van der Waals surface area contributed by atoms with Crippen LogP contribution in [0.1, 0.15) is 19.4 Å². The van der Waals surface area contributed by atoms with Gasteiger partial charge in [-0.3, -0.25) is 4.79 Å². The van der Waals surface area contributed by atoms with Gasteiger partial charge in [-0.25, -0.2) is 0 Å². The quantitative estimate of drug-likeness (QED) is 0.688. The van der Waals surface area contributed by atoms with Crippen molar-refractivity contribution in [3.63, 3.8) is 0 Å². The van der Waals surface area contributed by atoms with E-state index in [1.54, 1.807) is 24.3 Å². The molecule has 0 saturated carbocycles. The Morgan fingerprint density at radius 3 is 2.56 bits per heavy atom. The van der Waals surface area contributed by atoms with Crippen LogP contribution < -0.4 is 11.1 Å². The van der Waals surface area contributed by atoms with Crippen LogP contribution in [0, 0.1) is 0 Å². The third-order valence-electron chi connectivity index (χ3n) is 2.52. The zero-order valence-electron chi connectivity index (χ0n) is 10.8. The second kappa shape index (κ2) is 6.81. The summed E-state index contributed by atoms with van der Waals surface area (Å²) in [4.78, 5) is 11.7. The average molecular weight is 248 g/mol. The predicted molar refractivity (Wildman–Crippen MR) is 72.2 cm³/mol. The van der Waals surface area contributed by atoms with Gasteiger partial charge in [0.25, 0.3) is 0 Å². The van der Waals surface area contributed by atoms with Gasteiger partial charge in [0.05, 0.1) is 6.04 Å². The first-order valence-electron chi connectivity index (χ1n) is 5.93. The summed E-state index contributed by atoms with van der Waals surface area (Å²) in [5.41, 5.74) is 7.89. The van der Waals surface area contributed by atoms with Crippen LogP contribution in [0.25, 0.3) is 0 Å². The van der Waals surface area contributed by atoms with Crippen molar-refractivity contribution in [1.82, 2.24) is 5.32 Å². The molecule has 1 rings (SSSR count). The van der Waals surface area contributed by atoms with Crippen LogP contribution in [0.3, 0.4) is 0 Å². The molecule has 0 aliphatic heterocycles. The average Bonchev–Trinajstić information content (AvgIpc) is 2.31. The molecular formula is C14H20N2O2. The highest BCUT2D eigenvalue weighted by Gasteiger charge is 2.12. The summed E-state index contributed by atoms with van der Waals surface area (Å²) in [6.45, 7) is 4.45. The number of nitrogens with one attached hydrogen (secondary N) is 1. The predicted octanol–water partition coefficient (Wildman–Crippen LogP) is 1.34. The molecule has 98 valence electrons. The van der Waals surface area contributed by atoms with Crippen molar-refractivity contribution in [3.8, 4) is 5.75 Å². The molecule has 0 saturated heterocycles. The SMILES string of the molecule is CC(C)=CCNC(=O)[C@@H](N)Cc1ccc(O)cc1. The Balaban J connectivity index is 2.44. The van der Waals surface area contributed by atoms with Crippen LogP contribution in [-0.4, -0.2) is 23.6 Å². The summed E-state index contributed by atoms with van der Waals surface area (Å²) >= 11 is 0. The largest absolute Gasteiger partial charge is 0.508 e. The molecule has 0 spiro atoms. The molecule has 0 aliphatic carbocycles. The molecular weight excluding hydrogens is 228 g/mol. The molecule has 0 aromatic heterocycles. The molecule has 1 amide bonds. The normalized spacial score (nSPS) is 11.7. The number of aromatic hydroxyl groups is 1. The lowest BCUT2D eigenvalue weighted by molar-refractivity contribution is -0.122. The lowest BCUT2D eigenvalue weighted by Crippen LogP contribution is -2.42. The molecule has 0 heterocycles. The molecule has 0 bridgehead atoms. The van der Waals surface area contributed by atoms with Crippen LogP contribution in [0.15, 0.2) is 35.9 Å². The Morgan fingerprint density at radius 2 is 2.00 bits per heavy atom. The topological polar surface area (TPSA) is 75.4 Å². The molecule has 1 aromatic rings. The summed E-state index contributed by atoms with van der Waals surface area (Å²) in [5, 5.41) is 11.9. The number of allylic oxidation sites excluding steroid dienone is 1. The summed E-state index contributed by atoms with van der Waals surface area (Å²) in [7, 11) is 0. The Labute approximate surface area is 108 Å². The minimum Gasteiger partial charge on any atom is -0.508 e. The van der Waals surface area contributed by atoms with Crippen molar-refractivity contribution in [2.24, 2.45) is 5.73 Å². The first-order valence-corrected chi connectivity index (χ1v) is 5.93. The van der Waals surface area contributed by atoms with Gasteiger partial charge in [0.2, 0.25) is 5.91 Å². The van der Waals surface area contributed by atoms with E-state index in [0.29, 0.717) is 13.0 Å². The fourth-order valence-corrected chi connectivity index (χ4v) is 1.47. The van der Waals surface area contributed by atoms with Crippen LogP contribution >= 0.6 is 0 Å². The maximum atomic E-state index is 11.7. The zero-order valence-corrected chi connectivity index (χ0v) is 10.8. The number of carbonyl (C=O) groups excluding carboxylic acids is 1. The van der Waals surface area contributed by atoms with E-state index >= 15 is 0 Å². The molecule has 0 fully saturated rings. The molecule has 4 nitrogen and oxygen atoms in total. The minimum atomic E-state index is -0.569. The summed E-state index contributed by atoms with van der Waals surface area (Å²) in [6, 6.07) is 6.13. The lowest BCUT2D eigenvalue weighted by atomic mass is 10.1. The van der Waals surface area contributed by atoms with E-state index in [1.165, 1.54) is 0 Å². The Bertz CT molecular complexity index is 420. The van der Waals surface area contributed by atoms with Crippen LogP contribution in [0.4, 0.5) is 0 Å². The summed E-state index contributed by atoms with van der Waals surface area (Å²) < 4.78 is 0. The monoisotopic (exact) mass is 248 g/mol. The molecule has 0 radical (unpaired) electrons. The van der Waals surface area contributed by atoms with E-state index in [4.69, 9.17) is 10.8 Å². The highest BCUT2D eigenvalue weighted by Crippen LogP contribution is 2.10. The van der Waals surface area contributed by atoms with Crippen LogP contribution in [0.5, 0.6) is 5.75 Å². The molecule has 1 atom stereocenters. The van der Waals surface area contributed by atoms with E-state index < -0.39 is 6.04 Å². The maximum absolute atomic E-state index is 11.7. The summed E-state index contributed by atoms with van der Waals surface area (Å²) in [6.07, 6.45) is 2.39. The fourth-order valence-electron chi connectivity index (χ4n) is 1.47. The van der Waals surface area contributed by atoms with Gasteiger partial charge < -0.3 is 16.2 Å². The number of benzene rings is 1. The Morgan fingerprint density at radius 1 is 1.39 bits per heavy atom. The molecule has 4 N–H and O–H groups in total. The van der Waals surface area contributed by atoms with E-state index in [9.17, 15) is 4.79 Å². The van der Waals surface area contributed by atoms with Crippen molar-refractivity contribution in [1.29, 1.82) is 0 Å². The number of nitrogens with two attached hydrogens (primary N) is 1. The van der Waals surface area contributed by atoms with Crippen molar-refractivity contribution in [3.05, 3.63) is 41.5 Å². The van der Waals surface area contributed by atoms with E-state index in [0.717, 1.165) is 11.1 Å². The van der Waals surface area contributed by atoms with Crippen LogP contribution in [-0.2, 0) is 11.2 Å². The van der Waals surface area contributed by atoms with Gasteiger partial charge in [0, 0.05) is 6.54 Å². The molecule has 4 heteroatoms. The second-order valence-electron chi connectivity index (χ2n) is 4.50. The zero-order chi connectivity index (χ0) is 13.5. The third kappa shape index (κ3) is 5.01. The van der Waals surface area contributed by atoms with E-state index in [1.807, 2.05) is 19.9 Å². The fraction of sp³-hybridized carbons (Fsp3) is 0.357. The van der Waals surface area contributed by atoms with Gasteiger partial charge in [-0.1, -0.05) is 23.8 Å². The smallest absolute Gasteiger partial charge is 0.237 e. The summed E-state index contributed by atoms with van der Waals surface area (Å²) in [5.74, 6) is 0.0425. The highest BCUT2D eigenvalue weighted by molar-refractivity contribution is 5.81. The van der Waals surface area contributed by atoms with Crippen molar-refractivity contribution in [2.45, 2.75) is 26.3 Å². The van der Waals surface area contributed by atoms with Crippen molar-refractivity contribution >= 4 is 5.91 Å². The van der Waals surface area contributed by atoms with E-state index in [2.05, 4.69) is 5.32 Å². The standard InChI is InChI=1S/C14H20N2O2/c1-10(2)7-8-16-14(18)13(15)9-11-3-5-12(17)6-4-11/h3-7,13,17H,8-9,15H2,1-2H3,(H,16,18)/t13-/m0/s1. The van der Waals surface area contributed by atoms with Crippen LogP contribution in [0.2, 0.25) is 0 Å². The molecule has 0 aliphatic rings. The molecule has 0 unspecified atom stereocenters. The number of phenols is 1. The highest BCUT2D eigenvalue weighted by atomic mass is 16.3. The molecule has 18 heavy (non-hydrogen) atoms. The first-order chi connectivity index (χ1) is 8.49. The van der Waals surface area contributed by atoms with E-state index in [-0.39, 0.29) is 11.7 Å². The van der Waals surface area contributed by atoms with Gasteiger partial charge in [0.1, 0.15) is 5.75 Å². The number of phenolic OH excluding ortho intramolecular Hbond substituents is 1. The van der Waals surface area contributed by atoms with Gasteiger partial charge in [-0.2, -0.15) is 0 Å².